The molecule has 0 aliphatic heterocycles. The van der Waals surface area contributed by atoms with Gasteiger partial charge in [-0.1, -0.05) is 0 Å². The van der Waals surface area contributed by atoms with E-state index >= 15 is 0 Å². The second-order valence-corrected chi connectivity index (χ2v) is 25.8. The Labute approximate surface area is 361 Å². The zero-order chi connectivity index (χ0) is 42.2. The second kappa shape index (κ2) is 17.4. The van der Waals surface area contributed by atoms with E-state index in [-0.39, 0.29) is 0 Å². The van der Waals surface area contributed by atoms with Crippen molar-refractivity contribution in [2.24, 2.45) is 0 Å². The summed E-state index contributed by atoms with van der Waals surface area (Å²) in [7, 11) is 7.04. The molecule has 0 amide bonds. The number of methoxy groups -OCH3 is 4. The molecular weight excluding hydrogens is 787 g/mol. The van der Waals surface area contributed by atoms with Crippen molar-refractivity contribution in [2.45, 2.75) is 6.42 Å². The Morgan fingerprint density at radius 3 is 0.689 bits per heavy atom. The molecule has 0 unspecified atom stereocenters. The van der Waals surface area contributed by atoms with E-state index < -0.39 is 13.2 Å². The van der Waals surface area contributed by atoms with E-state index in [4.69, 9.17) is 18.9 Å². The number of hydrogen-bond acceptors (Lipinski definition) is 4. The number of rotatable bonds is 16. The Kier molecular flexibility index (Phi) is 11.9. The minimum absolute atomic E-state index is 0.811. The molecule has 0 fully saturated rings. The SMILES string of the molecule is COc1cccc(P(CCCP(c2ccccc2)(c2ccccc2)(c2cccc(OC)c2)c2cccc(OC)c2)(c2ccccc2)(c2ccccc2)c2cccc(OC)c2)c1. The van der Waals surface area contributed by atoms with Crippen LogP contribution in [0.25, 0.3) is 0 Å². The third-order valence-corrected chi connectivity index (χ3v) is 26.9. The first kappa shape index (κ1) is 41.5. The summed E-state index contributed by atoms with van der Waals surface area (Å²) in [4.78, 5) is 0. The first-order valence-corrected chi connectivity index (χ1v) is 25.6. The fourth-order valence-corrected chi connectivity index (χ4v) is 24.3. The van der Waals surface area contributed by atoms with Gasteiger partial charge in [0.2, 0.25) is 0 Å². The summed E-state index contributed by atoms with van der Waals surface area (Å²) in [5.74, 6) is 3.29. The molecule has 0 aliphatic rings. The van der Waals surface area contributed by atoms with E-state index in [0.717, 1.165) is 41.7 Å². The van der Waals surface area contributed by atoms with E-state index in [0.29, 0.717) is 0 Å². The molecule has 0 bridgehead atoms. The maximum absolute atomic E-state index is 6.08. The van der Waals surface area contributed by atoms with Crippen LogP contribution in [0, 0.1) is 0 Å². The van der Waals surface area contributed by atoms with Crippen LogP contribution in [-0.4, -0.2) is 40.8 Å². The maximum atomic E-state index is 6.08. The molecule has 0 radical (unpaired) electrons. The first-order chi connectivity index (χ1) is 30.0. The molecule has 0 saturated heterocycles. The summed E-state index contributed by atoms with van der Waals surface area (Å²) >= 11 is 0. The van der Waals surface area contributed by atoms with Crippen LogP contribution in [0.3, 0.4) is 0 Å². The minimum atomic E-state index is -3.76. The summed E-state index contributed by atoms with van der Waals surface area (Å²) in [5, 5.41) is 10.1. The summed E-state index contributed by atoms with van der Waals surface area (Å²) in [5.41, 5.74) is 0. The third-order valence-electron chi connectivity index (χ3n) is 13.0. The predicted octanol–water partition coefficient (Wildman–Crippen LogP) is 9.12. The fourth-order valence-electron chi connectivity index (χ4n) is 10.2. The molecule has 8 rings (SSSR count). The molecule has 0 saturated carbocycles. The van der Waals surface area contributed by atoms with Gasteiger partial charge in [0.05, 0.1) is 0 Å². The molecule has 0 N–H and O–H groups in total. The molecule has 8 aromatic rings. The molecule has 308 valence electrons. The standard InChI is InChI=1S/C55H54O4P2/c1-56-44-22-17-34-52(40-44)60(48-26-9-5-10-27-48,49-28-11-6-12-29-49,53-35-18-23-45(41-53)57-2)38-21-39-61(50-30-13-7-14-31-50,51-32-15-8-16-33-51,54-36-19-24-46(42-54)58-3)55-37-20-25-47(43-55)59-4/h5-20,22-37,40-43H,21,38-39H2,1-4H3. The van der Waals surface area contributed by atoms with Crippen LogP contribution in [0.5, 0.6) is 23.0 Å². The van der Waals surface area contributed by atoms with Gasteiger partial charge in [-0.2, -0.15) is 0 Å². The first-order valence-electron chi connectivity index (χ1n) is 20.8. The fraction of sp³-hybridized carbons (Fsp3) is 0.127. The van der Waals surface area contributed by atoms with Gasteiger partial charge < -0.3 is 0 Å². The van der Waals surface area contributed by atoms with Gasteiger partial charge >= 0.3 is 363 Å². The molecule has 0 atom stereocenters. The van der Waals surface area contributed by atoms with Crippen molar-refractivity contribution in [1.82, 2.24) is 0 Å². The molecule has 4 nitrogen and oxygen atoms in total. The van der Waals surface area contributed by atoms with Crippen LogP contribution >= 0.6 is 13.2 Å². The number of hydrogen-bond donors (Lipinski definition) is 0. The Morgan fingerprint density at radius 2 is 0.475 bits per heavy atom. The summed E-state index contributed by atoms with van der Waals surface area (Å²) in [6.07, 6.45) is 2.45. The topological polar surface area (TPSA) is 36.9 Å². The quantitative estimate of drug-likeness (QED) is 0.0911. The van der Waals surface area contributed by atoms with E-state index in [1.807, 2.05) is 0 Å². The van der Waals surface area contributed by atoms with Gasteiger partial charge in [-0.05, 0) is 0 Å². The van der Waals surface area contributed by atoms with E-state index in [9.17, 15) is 0 Å². The monoisotopic (exact) mass is 840 g/mol. The van der Waals surface area contributed by atoms with Gasteiger partial charge in [-0.15, -0.1) is 0 Å². The van der Waals surface area contributed by atoms with Crippen molar-refractivity contribution < 1.29 is 18.9 Å². The van der Waals surface area contributed by atoms with Gasteiger partial charge in [-0.25, -0.2) is 0 Å². The molecule has 0 aliphatic carbocycles. The van der Waals surface area contributed by atoms with Crippen molar-refractivity contribution in [1.29, 1.82) is 0 Å². The van der Waals surface area contributed by atoms with Gasteiger partial charge in [0.15, 0.2) is 0 Å². The molecule has 0 aromatic heterocycles. The van der Waals surface area contributed by atoms with Crippen molar-refractivity contribution >= 4 is 55.6 Å². The molecule has 61 heavy (non-hydrogen) atoms. The van der Waals surface area contributed by atoms with Crippen LogP contribution < -0.4 is 61.4 Å². The van der Waals surface area contributed by atoms with Crippen LogP contribution in [0.15, 0.2) is 218 Å². The second-order valence-electron chi connectivity index (χ2n) is 15.6. The predicted molar refractivity (Wildman–Crippen MR) is 263 cm³/mol. The van der Waals surface area contributed by atoms with Crippen LogP contribution in [0.4, 0.5) is 0 Å². The average Bonchev–Trinajstić information content (AvgIpc) is 3.35. The van der Waals surface area contributed by atoms with Crippen LogP contribution in [0.2, 0.25) is 0 Å². The molecule has 6 heteroatoms. The normalized spacial score (nSPS) is 12.9. The van der Waals surface area contributed by atoms with Gasteiger partial charge in [0.25, 0.3) is 0 Å². The summed E-state index contributed by atoms with van der Waals surface area (Å²) < 4.78 is 24.3. The van der Waals surface area contributed by atoms with Gasteiger partial charge in [-0.3, -0.25) is 0 Å². The van der Waals surface area contributed by atoms with Gasteiger partial charge in [0.1, 0.15) is 0 Å². The zero-order valence-corrected chi connectivity index (χ0v) is 37.2. The Morgan fingerprint density at radius 1 is 0.262 bits per heavy atom. The van der Waals surface area contributed by atoms with Crippen molar-refractivity contribution in [2.75, 3.05) is 40.8 Å². The molecule has 0 spiro atoms. The van der Waals surface area contributed by atoms with E-state index in [1.54, 1.807) is 28.4 Å². The summed E-state index contributed by atoms with van der Waals surface area (Å²) in [6, 6.07) is 80.2. The Bertz CT molecular complexity index is 2340. The third kappa shape index (κ3) is 6.61. The zero-order valence-electron chi connectivity index (χ0n) is 35.4. The molecular formula is C55H54O4P2. The number of ether oxygens (including phenoxy) is 4. The average molecular weight is 841 g/mol. The van der Waals surface area contributed by atoms with E-state index in [1.165, 1.54) is 42.4 Å². The van der Waals surface area contributed by atoms with E-state index in [2.05, 4.69) is 218 Å². The Hall–Kier alpha value is -6.18. The summed E-state index contributed by atoms with van der Waals surface area (Å²) in [6.45, 7) is -7.52. The van der Waals surface area contributed by atoms with Crippen LogP contribution in [-0.2, 0) is 0 Å². The van der Waals surface area contributed by atoms with Gasteiger partial charge in [0, 0.05) is 0 Å². The van der Waals surface area contributed by atoms with Crippen LogP contribution in [0.1, 0.15) is 6.42 Å². The van der Waals surface area contributed by atoms with Crippen molar-refractivity contribution in [3.05, 3.63) is 218 Å². The Balaban J connectivity index is 1.54. The number of benzene rings is 8. The van der Waals surface area contributed by atoms with Crippen molar-refractivity contribution in [3.63, 3.8) is 0 Å². The molecule has 0 heterocycles. The molecule has 8 aromatic carbocycles. The van der Waals surface area contributed by atoms with Crippen molar-refractivity contribution in [3.8, 4) is 23.0 Å².